The number of hydrogen-bond acceptors (Lipinski definition) is 12. The summed E-state index contributed by atoms with van der Waals surface area (Å²) >= 11 is 0. The first-order chi connectivity index (χ1) is 27.5. The first-order valence-electron chi connectivity index (χ1n) is 20.6. The number of ether oxygens (including phenoxy) is 6. The molecular formula is C44H56N2O12+2. The summed E-state index contributed by atoms with van der Waals surface area (Å²) in [6, 6.07) is 11.7. The summed E-state index contributed by atoms with van der Waals surface area (Å²) in [7, 11) is 4.46. The Morgan fingerprint density at radius 3 is 1.09 bits per heavy atom. The molecule has 58 heavy (non-hydrogen) atoms. The zero-order valence-electron chi connectivity index (χ0n) is 34.4. The lowest BCUT2D eigenvalue weighted by Crippen LogP contribution is -2.59. The first-order valence-corrected chi connectivity index (χ1v) is 20.6. The van der Waals surface area contributed by atoms with E-state index >= 15 is 0 Å². The van der Waals surface area contributed by atoms with E-state index < -0.39 is 35.7 Å². The maximum atomic E-state index is 13.6. The molecule has 0 aromatic heterocycles. The van der Waals surface area contributed by atoms with Crippen LogP contribution in [0, 0.1) is 11.8 Å². The van der Waals surface area contributed by atoms with E-state index in [0.717, 1.165) is 71.5 Å². The fraction of sp³-hybridized carbons (Fsp3) is 0.591. The molecule has 312 valence electrons. The Bertz CT molecular complexity index is 1810. The van der Waals surface area contributed by atoms with Gasteiger partial charge in [-0.2, -0.15) is 0 Å². The van der Waals surface area contributed by atoms with Crippen LogP contribution in [0.5, 0.6) is 23.0 Å². The number of esters is 6. The summed E-state index contributed by atoms with van der Waals surface area (Å²) in [4.78, 5) is 73.9. The molecule has 4 saturated heterocycles. The standard InChI is InChI=1S/C44H56N2O12/c1-25(47)53-39-15-7-29(17-41(39)55-27(3)49)23-45(5)31-9-10-32(45)20-35(19-31)57-43(51)37-13-14-38(37)44(52)58-36-21-33-11-12-34(22-36)46(33,6)24-30-8-16-40(54-26(2)48)42(18-30)56-28(4)50/h7-8,15-18,31-38H,9-14,19-24H2,1-6H3/q+2/t31-,32+,33-,34+,35?,36?,37?,38?,45?,46?. The Hall–Kier alpha value is -4.82. The summed E-state index contributed by atoms with van der Waals surface area (Å²) in [5.74, 6) is -2.79. The Kier molecular flexibility index (Phi) is 11.7. The lowest BCUT2D eigenvalue weighted by Gasteiger charge is -2.47. The van der Waals surface area contributed by atoms with Gasteiger partial charge in [0.05, 0.1) is 50.1 Å². The molecule has 14 heteroatoms. The third-order valence-electron chi connectivity index (χ3n) is 13.7. The van der Waals surface area contributed by atoms with Crippen molar-refractivity contribution < 1.29 is 66.2 Å². The van der Waals surface area contributed by atoms with Crippen molar-refractivity contribution >= 4 is 35.8 Å². The molecule has 0 N–H and O–H groups in total. The van der Waals surface area contributed by atoms with Crippen LogP contribution in [0.3, 0.4) is 0 Å². The van der Waals surface area contributed by atoms with Crippen molar-refractivity contribution in [1.82, 2.24) is 0 Å². The molecule has 4 bridgehead atoms. The predicted molar refractivity (Wildman–Crippen MR) is 206 cm³/mol. The minimum atomic E-state index is -0.503. The molecule has 6 unspecified atom stereocenters. The van der Waals surface area contributed by atoms with E-state index in [1.807, 2.05) is 12.1 Å². The average Bonchev–Trinajstić information content (AvgIpc) is 3.33. The second-order valence-corrected chi connectivity index (χ2v) is 17.6. The molecule has 4 aliphatic heterocycles. The van der Waals surface area contributed by atoms with E-state index in [-0.39, 0.29) is 71.3 Å². The van der Waals surface area contributed by atoms with Crippen molar-refractivity contribution in [2.75, 3.05) is 14.1 Å². The Labute approximate surface area is 339 Å². The fourth-order valence-electron chi connectivity index (χ4n) is 10.7. The normalized spacial score (nSPS) is 32.0. The van der Waals surface area contributed by atoms with Gasteiger partial charge in [0, 0.05) is 90.2 Å². The van der Waals surface area contributed by atoms with Gasteiger partial charge in [0.2, 0.25) is 0 Å². The summed E-state index contributed by atoms with van der Waals surface area (Å²) in [5, 5.41) is 0. The average molecular weight is 805 g/mol. The number of carbonyl (C=O) groups excluding carboxylic acids is 6. The summed E-state index contributed by atoms with van der Waals surface area (Å²) in [6.45, 7) is 6.57. The molecule has 2 aromatic rings. The maximum Gasteiger partial charge on any atom is 0.310 e. The zero-order valence-corrected chi connectivity index (χ0v) is 34.4. The highest BCUT2D eigenvalue weighted by Gasteiger charge is 2.55. The van der Waals surface area contributed by atoms with Crippen LogP contribution in [0.2, 0.25) is 0 Å². The fourth-order valence-corrected chi connectivity index (χ4v) is 10.7. The van der Waals surface area contributed by atoms with E-state index in [9.17, 15) is 28.8 Å². The minimum absolute atomic E-state index is 0.199. The molecule has 1 aliphatic carbocycles. The number of carbonyl (C=O) groups is 6. The first kappa shape index (κ1) is 41.3. The monoisotopic (exact) mass is 804 g/mol. The predicted octanol–water partition coefficient (Wildman–Crippen LogP) is 5.48. The molecule has 0 spiro atoms. The SMILES string of the molecule is CC(=O)Oc1ccc(C[N+]2(C)[C@@H]3CC[C@H]2CC(OC(=O)C2CCC2C(=O)OC2C[C@H]4CC[C@@H](C2)[N+]4(C)Cc2ccc(OC(C)=O)c(OC(C)=O)c2)C3)cc1OC(C)=O. The van der Waals surface area contributed by atoms with Gasteiger partial charge in [-0.15, -0.1) is 0 Å². The van der Waals surface area contributed by atoms with Crippen molar-refractivity contribution in [2.24, 2.45) is 11.8 Å². The molecule has 1 saturated carbocycles. The van der Waals surface area contributed by atoms with Gasteiger partial charge in [-0.3, -0.25) is 28.8 Å². The molecule has 10 atom stereocenters. The summed E-state index contributed by atoms with van der Waals surface area (Å²) < 4.78 is 35.1. The van der Waals surface area contributed by atoms with Crippen LogP contribution in [0.1, 0.15) is 103 Å². The van der Waals surface area contributed by atoms with E-state index in [4.69, 9.17) is 28.4 Å². The number of piperidine rings is 2. The van der Waals surface area contributed by atoms with Gasteiger partial charge in [-0.05, 0) is 49.2 Å². The number of hydrogen-bond donors (Lipinski definition) is 0. The second kappa shape index (κ2) is 16.4. The number of benzene rings is 2. The number of nitrogens with zero attached hydrogens (tertiary/aromatic N) is 2. The van der Waals surface area contributed by atoms with Gasteiger partial charge in [-0.25, -0.2) is 0 Å². The van der Waals surface area contributed by atoms with Crippen molar-refractivity contribution in [1.29, 1.82) is 0 Å². The molecule has 0 radical (unpaired) electrons. The van der Waals surface area contributed by atoms with Crippen molar-refractivity contribution in [2.45, 2.75) is 141 Å². The number of quaternary nitrogens is 2. The Balaban J connectivity index is 0.918. The van der Waals surface area contributed by atoms with E-state index in [2.05, 4.69) is 14.1 Å². The highest BCUT2D eigenvalue weighted by Crippen LogP contribution is 2.47. The smallest absolute Gasteiger partial charge is 0.310 e. The third kappa shape index (κ3) is 8.63. The van der Waals surface area contributed by atoms with Gasteiger partial charge < -0.3 is 37.4 Å². The highest BCUT2D eigenvalue weighted by atomic mass is 16.6. The molecule has 0 amide bonds. The largest absolute Gasteiger partial charge is 0.462 e. The van der Waals surface area contributed by atoms with Gasteiger partial charge in [0.1, 0.15) is 25.3 Å². The lowest BCUT2D eigenvalue weighted by atomic mass is 9.73. The van der Waals surface area contributed by atoms with Gasteiger partial charge in [-0.1, -0.05) is 0 Å². The van der Waals surface area contributed by atoms with Gasteiger partial charge in [0.15, 0.2) is 23.0 Å². The van der Waals surface area contributed by atoms with E-state index in [1.54, 1.807) is 24.3 Å². The van der Waals surface area contributed by atoms with Crippen molar-refractivity contribution in [3.05, 3.63) is 47.5 Å². The van der Waals surface area contributed by atoms with Crippen LogP contribution in [0.25, 0.3) is 0 Å². The number of rotatable bonds is 12. The molecule has 7 rings (SSSR count). The van der Waals surface area contributed by atoms with Crippen molar-refractivity contribution in [3.63, 3.8) is 0 Å². The minimum Gasteiger partial charge on any atom is -0.462 e. The summed E-state index contributed by atoms with van der Waals surface area (Å²) in [5.41, 5.74) is 1.91. The van der Waals surface area contributed by atoms with Crippen LogP contribution in [0.4, 0.5) is 0 Å². The molecule has 2 aromatic carbocycles. The van der Waals surface area contributed by atoms with Crippen molar-refractivity contribution in [3.8, 4) is 23.0 Å². The van der Waals surface area contributed by atoms with Crippen LogP contribution >= 0.6 is 0 Å². The number of fused-ring (bicyclic) bond motifs is 4. The zero-order chi connectivity index (χ0) is 41.5. The van der Waals surface area contributed by atoms with Gasteiger partial charge in [0.25, 0.3) is 0 Å². The van der Waals surface area contributed by atoms with E-state index in [0.29, 0.717) is 25.9 Å². The molecule has 5 aliphatic rings. The van der Waals surface area contributed by atoms with E-state index in [1.165, 1.54) is 27.7 Å². The molecule has 4 heterocycles. The van der Waals surface area contributed by atoms with Crippen LogP contribution in [0.15, 0.2) is 36.4 Å². The lowest BCUT2D eigenvalue weighted by molar-refractivity contribution is -0.961. The van der Waals surface area contributed by atoms with Crippen LogP contribution < -0.4 is 18.9 Å². The Morgan fingerprint density at radius 2 is 0.793 bits per heavy atom. The molecule has 5 fully saturated rings. The Morgan fingerprint density at radius 1 is 0.483 bits per heavy atom. The highest BCUT2D eigenvalue weighted by molar-refractivity contribution is 5.84. The topological polar surface area (TPSA) is 158 Å². The second-order valence-electron chi connectivity index (χ2n) is 17.6. The van der Waals surface area contributed by atoms with Crippen LogP contribution in [-0.2, 0) is 51.3 Å². The molecular weight excluding hydrogens is 748 g/mol. The molecule has 14 nitrogen and oxygen atoms in total. The van der Waals surface area contributed by atoms with Gasteiger partial charge >= 0.3 is 35.8 Å². The summed E-state index contributed by atoms with van der Waals surface area (Å²) in [6.07, 6.45) is 7.73. The third-order valence-corrected chi connectivity index (χ3v) is 13.7. The maximum absolute atomic E-state index is 13.6. The quantitative estimate of drug-likeness (QED) is 0.151. The van der Waals surface area contributed by atoms with Crippen LogP contribution in [-0.4, -0.2) is 95.3 Å².